The lowest BCUT2D eigenvalue weighted by Gasteiger charge is -2.33. The largest absolute Gasteiger partial charge is 0.408 e. The Morgan fingerprint density at radius 2 is 1.75 bits per heavy atom. The summed E-state index contributed by atoms with van der Waals surface area (Å²) < 4.78 is 5.59. The topological polar surface area (TPSA) is 82.8 Å². The zero-order valence-corrected chi connectivity index (χ0v) is 16.7. The molecule has 1 fully saturated rings. The van der Waals surface area contributed by atoms with Crippen LogP contribution < -0.4 is 4.90 Å². The van der Waals surface area contributed by atoms with Crippen LogP contribution in [0.3, 0.4) is 0 Å². The van der Waals surface area contributed by atoms with Gasteiger partial charge in [-0.3, -0.25) is 9.59 Å². The number of piperazine rings is 1. The first-order chi connectivity index (χ1) is 13.5. The molecule has 1 aliphatic heterocycles. The number of carbonyl (C=O) groups is 2. The van der Waals surface area contributed by atoms with Crippen LogP contribution in [-0.2, 0) is 17.6 Å². The summed E-state index contributed by atoms with van der Waals surface area (Å²) in [6, 6.07) is 8.01. The first kappa shape index (κ1) is 19.9. The highest BCUT2D eigenvalue weighted by Gasteiger charge is 2.24. The zero-order chi connectivity index (χ0) is 20.1. The molecule has 1 aromatic carbocycles. The van der Waals surface area contributed by atoms with Gasteiger partial charge in [0.15, 0.2) is 0 Å². The molecule has 1 aliphatic rings. The second-order valence-corrected chi connectivity index (χ2v) is 7.10. The van der Waals surface area contributed by atoms with Crippen LogP contribution in [0.25, 0.3) is 0 Å². The number of carbonyl (C=O) groups excluding carboxylic acids is 2. The molecule has 28 heavy (non-hydrogen) atoms. The van der Waals surface area contributed by atoms with E-state index in [2.05, 4.69) is 10.2 Å². The number of hydrogen-bond acceptors (Lipinski definition) is 6. The third-order valence-electron chi connectivity index (χ3n) is 4.90. The summed E-state index contributed by atoms with van der Waals surface area (Å²) in [5.41, 5.74) is 1.71. The third-order valence-corrected chi connectivity index (χ3v) is 4.90. The van der Waals surface area contributed by atoms with Crippen LogP contribution in [0, 0.1) is 0 Å². The molecule has 0 saturated carbocycles. The lowest BCUT2D eigenvalue weighted by Crippen LogP contribution is -2.49. The highest BCUT2D eigenvalue weighted by Crippen LogP contribution is 2.16. The van der Waals surface area contributed by atoms with E-state index in [9.17, 15) is 9.59 Å². The molecule has 1 aromatic heterocycles. The van der Waals surface area contributed by atoms with Crippen molar-refractivity contribution in [2.75, 3.05) is 45.2 Å². The monoisotopic (exact) mass is 385 g/mol. The van der Waals surface area contributed by atoms with Crippen LogP contribution in [0.5, 0.6) is 0 Å². The molecule has 0 atom stereocenters. The van der Waals surface area contributed by atoms with E-state index < -0.39 is 0 Å². The normalized spacial score (nSPS) is 14.2. The Hall–Kier alpha value is -2.90. The van der Waals surface area contributed by atoms with Crippen molar-refractivity contribution in [3.8, 4) is 0 Å². The van der Waals surface area contributed by atoms with E-state index in [0.29, 0.717) is 56.5 Å². The molecular weight excluding hydrogens is 358 g/mol. The average molecular weight is 385 g/mol. The van der Waals surface area contributed by atoms with Gasteiger partial charge in [-0.25, -0.2) is 0 Å². The van der Waals surface area contributed by atoms with Crippen molar-refractivity contribution in [3.63, 3.8) is 0 Å². The molecule has 8 nitrogen and oxygen atoms in total. The van der Waals surface area contributed by atoms with Gasteiger partial charge in [0.1, 0.15) is 0 Å². The van der Waals surface area contributed by atoms with E-state index in [0.717, 1.165) is 12.0 Å². The second-order valence-electron chi connectivity index (χ2n) is 7.10. The molecule has 0 unspecified atom stereocenters. The van der Waals surface area contributed by atoms with Crippen molar-refractivity contribution >= 4 is 17.8 Å². The number of rotatable bonds is 6. The number of anilines is 1. The maximum absolute atomic E-state index is 12.5. The molecule has 0 N–H and O–H groups in total. The van der Waals surface area contributed by atoms with Gasteiger partial charge in [-0.15, -0.1) is 5.10 Å². The number of aromatic nitrogens is 2. The van der Waals surface area contributed by atoms with Crippen molar-refractivity contribution in [3.05, 3.63) is 41.3 Å². The van der Waals surface area contributed by atoms with Crippen LogP contribution in [0.1, 0.15) is 35.2 Å². The van der Waals surface area contributed by atoms with E-state index in [1.165, 1.54) is 0 Å². The van der Waals surface area contributed by atoms with Crippen molar-refractivity contribution in [2.45, 2.75) is 26.2 Å². The van der Waals surface area contributed by atoms with Gasteiger partial charge < -0.3 is 19.1 Å². The van der Waals surface area contributed by atoms with Crippen LogP contribution in [0.15, 0.2) is 28.7 Å². The van der Waals surface area contributed by atoms with Gasteiger partial charge in [-0.05, 0) is 24.1 Å². The van der Waals surface area contributed by atoms with Gasteiger partial charge in [0.25, 0.3) is 5.91 Å². The van der Waals surface area contributed by atoms with E-state index in [-0.39, 0.29) is 11.8 Å². The Morgan fingerprint density at radius 1 is 1.07 bits per heavy atom. The fourth-order valence-electron chi connectivity index (χ4n) is 3.14. The summed E-state index contributed by atoms with van der Waals surface area (Å²) in [7, 11) is 3.46. The summed E-state index contributed by atoms with van der Waals surface area (Å²) in [6.07, 6.45) is 1.84. The molecule has 2 aromatic rings. The third kappa shape index (κ3) is 4.68. The molecule has 3 rings (SSSR count). The predicted octanol–water partition coefficient (Wildman–Crippen LogP) is 1.62. The molecular formula is C20H27N5O3. The maximum atomic E-state index is 12.5. The highest BCUT2D eigenvalue weighted by molar-refractivity contribution is 5.93. The summed E-state index contributed by atoms with van der Waals surface area (Å²) in [5, 5.41) is 8.06. The number of amides is 2. The van der Waals surface area contributed by atoms with Gasteiger partial charge >= 0.3 is 6.01 Å². The average Bonchev–Trinajstić information content (AvgIpc) is 3.21. The Kier molecular flexibility index (Phi) is 6.28. The fraction of sp³-hybridized carbons (Fsp3) is 0.500. The van der Waals surface area contributed by atoms with Gasteiger partial charge in [-0.2, -0.15) is 0 Å². The van der Waals surface area contributed by atoms with Gasteiger partial charge in [0.2, 0.25) is 11.8 Å². The Bertz CT molecular complexity index is 808. The van der Waals surface area contributed by atoms with Gasteiger partial charge in [0, 0.05) is 58.7 Å². The minimum Gasteiger partial charge on any atom is -0.408 e. The molecule has 2 amide bonds. The van der Waals surface area contributed by atoms with Crippen molar-refractivity contribution in [2.24, 2.45) is 0 Å². The SMILES string of the molecule is CCc1nnc(N2CCN(C(=O)CCc3ccc(C(=O)N(C)C)cc3)CC2)o1. The number of nitrogens with zero attached hydrogens (tertiary/aromatic N) is 5. The fourth-order valence-corrected chi connectivity index (χ4v) is 3.14. The Morgan fingerprint density at radius 3 is 2.32 bits per heavy atom. The number of aryl methyl sites for hydroxylation is 2. The van der Waals surface area contributed by atoms with Crippen molar-refractivity contribution < 1.29 is 14.0 Å². The summed E-state index contributed by atoms with van der Waals surface area (Å²) in [6.45, 7) is 4.66. The van der Waals surface area contributed by atoms with Crippen LogP contribution >= 0.6 is 0 Å². The minimum absolute atomic E-state index is 0.0206. The molecule has 1 saturated heterocycles. The highest BCUT2D eigenvalue weighted by atomic mass is 16.4. The molecule has 0 bridgehead atoms. The minimum atomic E-state index is -0.0206. The molecule has 8 heteroatoms. The molecule has 0 aliphatic carbocycles. The van der Waals surface area contributed by atoms with E-state index in [4.69, 9.17) is 4.42 Å². The molecule has 2 heterocycles. The Balaban J connectivity index is 1.46. The first-order valence-electron chi connectivity index (χ1n) is 9.63. The maximum Gasteiger partial charge on any atom is 0.318 e. The second kappa shape index (κ2) is 8.86. The molecule has 0 spiro atoms. The summed E-state index contributed by atoms with van der Waals surface area (Å²) in [5.74, 6) is 0.757. The number of benzene rings is 1. The molecule has 0 radical (unpaired) electrons. The standard InChI is InChI=1S/C20H27N5O3/c1-4-17-21-22-20(28-17)25-13-11-24(12-14-25)18(26)10-7-15-5-8-16(9-6-15)19(27)23(2)3/h5-6,8-9H,4,7,10-14H2,1-3H3. The van der Waals surface area contributed by atoms with Gasteiger partial charge in [-0.1, -0.05) is 24.2 Å². The van der Waals surface area contributed by atoms with Crippen LogP contribution in [0.4, 0.5) is 6.01 Å². The van der Waals surface area contributed by atoms with E-state index in [1.807, 2.05) is 41.0 Å². The van der Waals surface area contributed by atoms with Crippen molar-refractivity contribution in [1.82, 2.24) is 20.0 Å². The van der Waals surface area contributed by atoms with E-state index in [1.54, 1.807) is 19.0 Å². The first-order valence-corrected chi connectivity index (χ1v) is 9.63. The van der Waals surface area contributed by atoms with Crippen LogP contribution in [0.2, 0.25) is 0 Å². The zero-order valence-electron chi connectivity index (χ0n) is 16.7. The van der Waals surface area contributed by atoms with E-state index >= 15 is 0 Å². The summed E-state index contributed by atoms with van der Waals surface area (Å²) >= 11 is 0. The quantitative estimate of drug-likeness (QED) is 0.751. The van der Waals surface area contributed by atoms with Gasteiger partial charge in [0.05, 0.1) is 0 Å². The van der Waals surface area contributed by atoms with Crippen LogP contribution in [-0.4, -0.2) is 72.1 Å². The molecule has 150 valence electrons. The lowest BCUT2D eigenvalue weighted by molar-refractivity contribution is -0.131. The Labute approximate surface area is 165 Å². The summed E-state index contributed by atoms with van der Waals surface area (Å²) in [4.78, 5) is 29.9. The number of hydrogen-bond donors (Lipinski definition) is 0. The smallest absolute Gasteiger partial charge is 0.318 e. The lowest BCUT2D eigenvalue weighted by atomic mass is 10.1. The predicted molar refractivity (Wildman–Crippen MR) is 105 cm³/mol. The van der Waals surface area contributed by atoms with Crippen molar-refractivity contribution in [1.29, 1.82) is 0 Å².